The topological polar surface area (TPSA) is 237 Å². The first-order valence-corrected chi connectivity index (χ1v) is 41.5. The molecule has 0 aromatic rings. The first kappa shape index (κ1) is 91.1. The molecule has 0 aromatic heterocycles. The van der Waals surface area contributed by atoms with Gasteiger partial charge in [0.1, 0.15) is 19.3 Å². The molecular weight excluding hydrogens is 1220 g/mol. The largest absolute Gasteiger partial charge is 0.472 e. The van der Waals surface area contributed by atoms with Crippen LogP contribution >= 0.6 is 15.6 Å². The fraction of sp³-hybridized carbons (Fsp3) is 0.946. The zero-order valence-corrected chi connectivity index (χ0v) is 62.3. The van der Waals surface area contributed by atoms with Gasteiger partial charge in [-0.2, -0.15) is 0 Å². The van der Waals surface area contributed by atoms with E-state index in [0.29, 0.717) is 31.6 Å². The Labute approximate surface area is 568 Å². The number of aliphatic hydroxyl groups excluding tert-OH is 1. The molecule has 2 unspecified atom stereocenters. The average Bonchev–Trinajstić information content (AvgIpc) is 3.68. The van der Waals surface area contributed by atoms with Crippen LogP contribution in [0.5, 0.6) is 0 Å². The molecule has 0 aromatic carbocycles. The summed E-state index contributed by atoms with van der Waals surface area (Å²) in [7, 11) is -9.91. The Morgan fingerprint density at radius 1 is 0.290 bits per heavy atom. The Balaban J connectivity index is 5.25. The van der Waals surface area contributed by atoms with Crippen molar-refractivity contribution in [1.82, 2.24) is 0 Å². The maximum Gasteiger partial charge on any atom is 0.472 e. The van der Waals surface area contributed by atoms with E-state index < -0.39 is 97.5 Å². The Bertz CT molecular complexity index is 1800. The number of hydrogen-bond acceptors (Lipinski definition) is 15. The lowest BCUT2D eigenvalue weighted by molar-refractivity contribution is -0.161. The van der Waals surface area contributed by atoms with Crippen LogP contribution in [0.2, 0.25) is 0 Å². The van der Waals surface area contributed by atoms with Crippen LogP contribution < -0.4 is 0 Å². The van der Waals surface area contributed by atoms with Crippen molar-refractivity contribution in [3.63, 3.8) is 0 Å². The highest BCUT2D eigenvalue weighted by Gasteiger charge is 2.30. The van der Waals surface area contributed by atoms with Crippen LogP contribution in [0.1, 0.15) is 382 Å². The predicted molar refractivity (Wildman–Crippen MR) is 377 cm³/mol. The van der Waals surface area contributed by atoms with E-state index in [-0.39, 0.29) is 25.7 Å². The first-order valence-electron chi connectivity index (χ1n) is 38.5. The van der Waals surface area contributed by atoms with Crippen molar-refractivity contribution in [2.45, 2.75) is 400 Å². The van der Waals surface area contributed by atoms with E-state index in [1.165, 1.54) is 193 Å². The standard InChI is InChI=1S/C74H144O17P2/c1-7-9-11-13-15-17-19-21-23-24-26-28-33-39-46-52-58-73(78)90-69(62-84-71(76)56-50-44-38-32-27-25-22-20-18-16-14-12-10-8-2)64-88-92(80,81)86-60-68(75)61-87-93(82,83)89-65-70(63-85-72(77)57-51-45-41-35-37-43-49-55-67(5)6)91-74(79)59-53-47-40-34-30-29-31-36-42-48-54-66(3)4/h66-70,75H,7-65H2,1-6H3,(H,80,81)(H,82,83)/t68-,69-,70-/m1/s1. The number of unbranched alkanes of at least 4 members (excludes halogenated alkanes) is 43. The van der Waals surface area contributed by atoms with E-state index in [4.69, 9.17) is 37.0 Å². The van der Waals surface area contributed by atoms with Gasteiger partial charge in [-0.05, 0) is 37.5 Å². The molecule has 552 valence electrons. The van der Waals surface area contributed by atoms with Gasteiger partial charge in [-0.15, -0.1) is 0 Å². The smallest absolute Gasteiger partial charge is 0.462 e. The Kier molecular flexibility index (Phi) is 64.6. The second kappa shape index (κ2) is 66.0. The predicted octanol–water partition coefficient (Wildman–Crippen LogP) is 21.6. The zero-order valence-electron chi connectivity index (χ0n) is 60.6. The van der Waals surface area contributed by atoms with E-state index in [1.807, 2.05) is 0 Å². The van der Waals surface area contributed by atoms with Crippen LogP contribution in [-0.4, -0.2) is 96.7 Å². The number of phosphoric ester groups is 2. The van der Waals surface area contributed by atoms with E-state index in [2.05, 4.69) is 41.5 Å². The van der Waals surface area contributed by atoms with Gasteiger partial charge in [-0.3, -0.25) is 37.3 Å². The van der Waals surface area contributed by atoms with Gasteiger partial charge in [0.2, 0.25) is 0 Å². The molecule has 0 heterocycles. The fourth-order valence-electron chi connectivity index (χ4n) is 11.3. The summed E-state index contributed by atoms with van der Waals surface area (Å²) in [5.41, 5.74) is 0. The monoisotopic (exact) mass is 1370 g/mol. The summed E-state index contributed by atoms with van der Waals surface area (Å²) in [4.78, 5) is 72.7. The third kappa shape index (κ3) is 68.4. The lowest BCUT2D eigenvalue weighted by atomic mass is 10.0. The molecule has 0 aliphatic carbocycles. The van der Waals surface area contributed by atoms with Gasteiger partial charge in [0.15, 0.2) is 12.2 Å². The molecule has 17 nitrogen and oxygen atoms in total. The Morgan fingerprint density at radius 3 is 0.731 bits per heavy atom. The number of rotatable bonds is 73. The van der Waals surface area contributed by atoms with Crippen molar-refractivity contribution in [1.29, 1.82) is 0 Å². The summed E-state index contributed by atoms with van der Waals surface area (Å²) in [5.74, 6) is -0.661. The summed E-state index contributed by atoms with van der Waals surface area (Å²) >= 11 is 0. The molecule has 0 fully saturated rings. The highest BCUT2D eigenvalue weighted by atomic mass is 31.2. The average molecular weight is 1370 g/mol. The van der Waals surface area contributed by atoms with Crippen molar-refractivity contribution in [2.75, 3.05) is 39.6 Å². The minimum absolute atomic E-state index is 0.105. The lowest BCUT2D eigenvalue weighted by Gasteiger charge is -2.21. The zero-order chi connectivity index (χ0) is 68.6. The molecule has 5 atom stereocenters. The van der Waals surface area contributed by atoms with Gasteiger partial charge in [0.25, 0.3) is 0 Å². The fourth-order valence-corrected chi connectivity index (χ4v) is 12.9. The molecule has 0 radical (unpaired) electrons. The summed E-state index contributed by atoms with van der Waals surface area (Å²) in [6.45, 7) is 9.52. The van der Waals surface area contributed by atoms with Crippen molar-refractivity contribution in [2.24, 2.45) is 11.8 Å². The quantitative estimate of drug-likeness (QED) is 0.0222. The lowest BCUT2D eigenvalue weighted by Crippen LogP contribution is -2.30. The third-order valence-corrected chi connectivity index (χ3v) is 19.1. The molecule has 0 aliphatic heterocycles. The first-order chi connectivity index (χ1) is 44.9. The molecule has 19 heteroatoms. The van der Waals surface area contributed by atoms with Crippen molar-refractivity contribution >= 4 is 39.5 Å². The van der Waals surface area contributed by atoms with Crippen LogP contribution in [-0.2, 0) is 65.4 Å². The minimum atomic E-state index is -4.95. The normalized spacial score (nSPS) is 14.1. The molecule has 93 heavy (non-hydrogen) atoms. The van der Waals surface area contributed by atoms with Crippen LogP contribution in [0.3, 0.4) is 0 Å². The highest BCUT2D eigenvalue weighted by Crippen LogP contribution is 2.45. The summed E-state index contributed by atoms with van der Waals surface area (Å²) < 4.78 is 68.5. The second-order valence-electron chi connectivity index (χ2n) is 27.6. The Morgan fingerprint density at radius 2 is 0.495 bits per heavy atom. The third-order valence-electron chi connectivity index (χ3n) is 17.2. The van der Waals surface area contributed by atoms with E-state index >= 15 is 0 Å². The van der Waals surface area contributed by atoms with E-state index in [9.17, 15) is 43.2 Å². The summed E-state index contributed by atoms with van der Waals surface area (Å²) in [6.07, 6.45) is 52.7. The number of hydrogen-bond donors (Lipinski definition) is 3. The van der Waals surface area contributed by atoms with Crippen LogP contribution in [0, 0.1) is 11.8 Å². The molecule has 3 N–H and O–H groups in total. The van der Waals surface area contributed by atoms with E-state index in [0.717, 1.165) is 102 Å². The van der Waals surface area contributed by atoms with Gasteiger partial charge in [-0.1, -0.05) is 330 Å². The molecule has 0 amide bonds. The summed E-state index contributed by atoms with van der Waals surface area (Å²) in [6, 6.07) is 0. The number of phosphoric acid groups is 2. The number of ether oxygens (including phenoxy) is 4. The highest BCUT2D eigenvalue weighted by molar-refractivity contribution is 7.47. The van der Waals surface area contributed by atoms with Crippen molar-refractivity contribution in [3.05, 3.63) is 0 Å². The van der Waals surface area contributed by atoms with Gasteiger partial charge in [0.05, 0.1) is 26.4 Å². The molecule has 0 saturated carbocycles. The number of carbonyl (C=O) groups is 4. The number of esters is 4. The van der Waals surface area contributed by atoms with Crippen LogP contribution in [0.15, 0.2) is 0 Å². The maximum absolute atomic E-state index is 13.1. The van der Waals surface area contributed by atoms with Crippen LogP contribution in [0.4, 0.5) is 0 Å². The number of carbonyl (C=O) groups excluding carboxylic acids is 4. The van der Waals surface area contributed by atoms with Gasteiger partial charge in [-0.25, -0.2) is 9.13 Å². The molecular formula is C74H144O17P2. The second-order valence-corrected chi connectivity index (χ2v) is 30.5. The molecule has 0 aliphatic rings. The molecule has 0 spiro atoms. The SMILES string of the molecule is CCCCCCCCCCCCCCCCCCC(=O)O[C@H](COC(=O)CCCCCCCCCCCCCCCC)COP(=O)(O)OC[C@@H](O)COP(=O)(O)OC[C@@H](COC(=O)CCCCCCCCCC(C)C)OC(=O)CCCCCCCCCCCCC(C)C. The molecule has 0 rings (SSSR count). The van der Waals surface area contributed by atoms with Gasteiger partial charge < -0.3 is 33.8 Å². The van der Waals surface area contributed by atoms with Gasteiger partial charge >= 0.3 is 39.5 Å². The maximum atomic E-state index is 13.1. The van der Waals surface area contributed by atoms with Crippen LogP contribution in [0.25, 0.3) is 0 Å². The summed E-state index contributed by atoms with van der Waals surface area (Å²) in [5, 5.41) is 10.6. The van der Waals surface area contributed by atoms with E-state index in [1.54, 1.807) is 0 Å². The van der Waals surface area contributed by atoms with Gasteiger partial charge in [0, 0.05) is 25.7 Å². The van der Waals surface area contributed by atoms with Crippen molar-refractivity contribution < 1.29 is 80.2 Å². The molecule has 0 bridgehead atoms. The minimum Gasteiger partial charge on any atom is -0.462 e. The number of aliphatic hydroxyl groups is 1. The Hall–Kier alpha value is -1.94. The van der Waals surface area contributed by atoms with Crippen molar-refractivity contribution in [3.8, 4) is 0 Å². The molecule has 0 saturated heterocycles.